The Morgan fingerprint density at radius 3 is 2.55 bits per heavy atom. The number of nitrogens with zero attached hydrogens (tertiary/aromatic N) is 5. The molecule has 3 aromatic rings. The Morgan fingerprint density at radius 1 is 1.10 bits per heavy atom. The number of methoxy groups -OCH3 is 3. The normalized spacial score (nSPS) is 15.9. The summed E-state index contributed by atoms with van der Waals surface area (Å²) >= 11 is 0. The molecular weight excluding hydrogens is 398 g/mol. The van der Waals surface area contributed by atoms with Crippen molar-refractivity contribution in [1.29, 1.82) is 0 Å². The molecule has 0 N–H and O–H groups in total. The first-order valence-electron chi connectivity index (χ1n) is 10.0. The molecule has 2 aromatic carbocycles. The van der Waals surface area contributed by atoms with Crippen LogP contribution in [0.2, 0.25) is 0 Å². The maximum atomic E-state index is 12.3. The van der Waals surface area contributed by atoms with Crippen molar-refractivity contribution in [3.8, 4) is 17.2 Å². The van der Waals surface area contributed by atoms with Crippen LogP contribution in [0.15, 0.2) is 42.5 Å². The van der Waals surface area contributed by atoms with E-state index in [4.69, 9.17) is 14.2 Å². The Bertz CT molecular complexity index is 1050. The third-order valence-corrected chi connectivity index (χ3v) is 5.58. The summed E-state index contributed by atoms with van der Waals surface area (Å²) in [7, 11) is 4.63. The topological polar surface area (TPSA) is 91.6 Å². The van der Waals surface area contributed by atoms with Crippen LogP contribution in [-0.2, 0) is 22.5 Å². The van der Waals surface area contributed by atoms with Crippen molar-refractivity contribution in [2.75, 3.05) is 27.9 Å². The van der Waals surface area contributed by atoms with Crippen molar-refractivity contribution in [3.63, 3.8) is 0 Å². The van der Waals surface area contributed by atoms with Gasteiger partial charge in [0, 0.05) is 12.6 Å². The third-order valence-electron chi connectivity index (χ3n) is 5.58. The van der Waals surface area contributed by atoms with Gasteiger partial charge in [0.2, 0.25) is 0 Å². The number of ether oxygens (including phenoxy) is 3. The molecule has 1 atom stereocenters. The number of fused-ring (bicyclic) bond motifs is 1. The van der Waals surface area contributed by atoms with E-state index < -0.39 is 0 Å². The van der Waals surface area contributed by atoms with Crippen LogP contribution < -0.4 is 9.47 Å². The largest absolute Gasteiger partial charge is 0.493 e. The van der Waals surface area contributed by atoms with Gasteiger partial charge in [-0.1, -0.05) is 18.2 Å². The van der Waals surface area contributed by atoms with E-state index in [9.17, 15) is 4.79 Å². The van der Waals surface area contributed by atoms with E-state index in [1.165, 1.54) is 7.11 Å². The van der Waals surface area contributed by atoms with Crippen molar-refractivity contribution in [2.24, 2.45) is 0 Å². The number of aromatic nitrogens is 4. The van der Waals surface area contributed by atoms with E-state index >= 15 is 0 Å². The minimum atomic E-state index is -0.278. The van der Waals surface area contributed by atoms with Crippen LogP contribution >= 0.6 is 0 Å². The SMILES string of the molecule is COC(=O)C[C@@H]1c2cc(OC)c(OC)cc2CCN1Cc1nnnn1-c1ccccc1. The average Bonchev–Trinajstić information content (AvgIpc) is 3.28. The first kappa shape index (κ1) is 20.8. The maximum absolute atomic E-state index is 12.3. The first-order chi connectivity index (χ1) is 15.1. The molecule has 9 heteroatoms. The van der Waals surface area contributed by atoms with Gasteiger partial charge in [-0.15, -0.1) is 5.10 Å². The molecule has 162 valence electrons. The molecule has 0 radical (unpaired) electrons. The Hall–Kier alpha value is -3.46. The Morgan fingerprint density at radius 2 is 1.84 bits per heavy atom. The summed E-state index contributed by atoms with van der Waals surface area (Å²) in [5.74, 6) is 1.73. The van der Waals surface area contributed by atoms with Gasteiger partial charge >= 0.3 is 5.97 Å². The van der Waals surface area contributed by atoms with E-state index in [1.807, 2.05) is 42.5 Å². The van der Waals surface area contributed by atoms with Gasteiger partial charge in [0.05, 0.1) is 40.0 Å². The number of rotatable bonds is 7. The van der Waals surface area contributed by atoms with Gasteiger partial charge in [-0.2, -0.15) is 4.68 Å². The number of tetrazole rings is 1. The van der Waals surface area contributed by atoms with Crippen LogP contribution in [0.25, 0.3) is 5.69 Å². The number of hydrogen-bond acceptors (Lipinski definition) is 8. The van der Waals surface area contributed by atoms with Gasteiger partial charge in [-0.25, -0.2) is 0 Å². The zero-order valence-electron chi connectivity index (χ0n) is 17.8. The molecule has 2 heterocycles. The quantitative estimate of drug-likeness (QED) is 0.535. The second kappa shape index (κ2) is 9.13. The zero-order chi connectivity index (χ0) is 21.8. The van der Waals surface area contributed by atoms with E-state index in [1.54, 1.807) is 18.9 Å². The molecule has 1 aromatic heterocycles. The van der Waals surface area contributed by atoms with Gasteiger partial charge in [0.25, 0.3) is 0 Å². The fraction of sp³-hybridized carbons (Fsp3) is 0.364. The standard InChI is InChI=1S/C22H25N5O4/c1-29-19-11-15-9-10-26(18(13-22(28)31-3)17(15)12-20(19)30-2)14-21-23-24-25-27(21)16-7-5-4-6-8-16/h4-8,11-12,18H,9-10,13-14H2,1-3H3/t18-/m1/s1. The average molecular weight is 423 g/mol. The molecule has 9 nitrogen and oxygen atoms in total. The van der Waals surface area contributed by atoms with Gasteiger partial charge in [-0.05, 0) is 52.2 Å². The van der Waals surface area contributed by atoms with E-state index in [2.05, 4.69) is 20.4 Å². The zero-order valence-corrected chi connectivity index (χ0v) is 17.8. The molecule has 1 aliphatic heterocycles. The molecule has 0 spiro atoms. The fourth-order valence-electron chi connectivity index (χ4n) is 4.01. The highest BCUT2D eigenvalue weighted by Crippen LogP contribution is 2.40. The number of esters is 1. The predicted octanol–water partition coefficient (Wildman–Crippen LogP) is 2.34. The van der Waals surface area contributed by atoms with Gasteiger partial charge in [0.1, 0.15) is 0 Å². The summed E-state index contributed by atoms with van der Waals surface area (Å²) in [5, 5.41) is 12.3. The Kier molecular flexibility index (Phi) is 6.13. The van der Waals surface area contributed by atoms with Crippen molar-refractivity contribution in [1.82, 2.24) is 25.1 Å². The van der Waals surface area contributed by atoms with E-state index in [0.29, 0.717) is 23.9 Å². The number of carbonyl (C=O) groups is 1. The highest BCUT2D eigenvalue weighted by Gasteiger charge is 2.32. The number of para-hydroxylation sites is 1. The number of hydrogen-bond donors (Lipinski definition) is 0. The smallest absolute Gasteiger partial charge is 0.307 e. The summed E-state index contributed by atoms with van der Waals surface area (Å²) in [5.41, 5.74) is 3.04. The van der Waals surface area contributed by atoms with E-state index in [0.717, 1.165) is 29.8 Å². The maximum Gasteiger partial charge on any atom is 0.307 e. The molecule has 4 rings (SSSR count). The Labute approximate surface area is 180 Å². The first-order valence-corrected chi connectivity index (χ1v) is 10.0. The molecule has 0 saturated carbocycles. The van der Waals surface area contributed by atoms with Gasteiger partial charge in [-0.3, -0.25) is 9.69 Å². The minimum absolute atomic E-state index is 0.197. The van der Waals surface area contributed by atoms with Gasteiger partial charge < -0.3 is 14.2 Å². The molecule has 0 fully saturated rings. The molecule has 0 unspecified atom stereocenters. The van der Waals surface area contributed by atoms with Crippen LogP contribution in [-0.4, -0.2) is 59.0 Å². The lowest BCUT2D eigenvalue weighted by Crippen LogP contribution is -2.37. The summed E-state index contributed by atoms with van der Waals surface area (Å²) in [6.07, 6.45) is 1.02. The lowest BCUT2D eigenvalue weighted by atomic mass is 9.90. The Balaban J connectivity index is 1.69. The fourth-order valence-corrected chi connectivity index (χ4v) is 4.01. The number of benzene rings is 2. The van der Waals surface area contributed by atoms with Crippen LogP contribution in [0.3, 0.4) is 0 Å². The summed E-state index contributed by atoms with van der Waals surface area (Å²) in [6, 6.07) is 13.5. The lowest BCUT2D eigenvalue weighted by Gasteiger charge is -2.36. The van der Waals surface area contributed by atoms with Crippen LogP contribution in [0, 0.1) is 0 Å². The van der Waals surface area contributed by atoms with Crippen LogP contribution in [0.1, 0.15) is 29.4 Å². The minimum Gasteiger partial charge on any atom is -0.493 e. The van der Waals surface area contributed by atoms with Crippen molar-refractivity contribution >= 4 is 5.97 Å². The molecule has 0 aliphatic carbocycles. The monoisotopic (exact) mass is 423 g/mol. The summed E-state index contributed by atoms with van der Waals surface area (Å²) < 4.78 is 17.7. The van der Waals surface area contributed by atoms with Crippen molar-refractivity contribution < 1.29 is 19.0 Å². The van der Waals surface area contributed by atoms with Gasteiger partial charge in [0.15, 0.2) is 17.3 Å². The van der Waals surface area contributed by atoms with Crippen LogP contribution in [0.5, 0.6) is 11.5 Å². The van der Waals surface area contributed by atoms with Crippen molar-refractivity contribution in [2.45, 2.75) is 25.4 Å². The summed E-state index contributed by atoms with van der Waals surface area (Å²) in [4.78, 5) is 14.5. The lowest BCUT2D eigenvalue weighted by molar-refractivity contribution is -0.142. The molecule has 0 amide bonds. The predicted molar refractivity (Wildman–Crippen MR) is 112 cm³/mol. The second-order valence-electron chi connectivity index (χ2n) is 7.27. The van der Waals surface area contributed by atoms with Crippen LogP contribution in [0.4, 0.5) is 0 Å². The highest BCUT2D eigenvalue weighted by atomic mass is 16.5. The van der Waals surface area contributed by atoms with Crippen molar-refractivity contribution in [3.05, 3.63) is 59.4 Å². The molecular formula is C22H25N5O4. The molecule has 31 heavy (non-hydrogen) atoms. The highest BCUT2D eigenvalue weighted by molar-refractivity contribution is 5.70. The van der Waals surface area contributed by atoms with E-state index in [-0.39, 0.29) is 18.4 Å². The molecule has 0 saturated heterocycles. The molecule has 1 aliphatic rings. The molecule has 0 bridgehead atoms. The second-order valence-corrected chi connectivity index (χ2v) is 7.27. The summed E-state index contributed by atoms with van der Waals surface area (Å²) in [6.45, 7) is 1.23. The third kappa shape index (κ3) is 4.22. The number of carbonyl (C=O) groups excluding carboxylic acids is 1.